The van der Waals surface area contributed by atoms with Crippen molar-refractivity contribution in [2.45, 2.75) is 33.0 Å². The third kappa shape index (κ3) is 2.02. The number of halogens is 3. The minimum atomic E-state index is -4.33. The quantitative estimate of drug-likeness (QED) is 0.703. The third-order valence-corrected chi connectivity index (χ3v) is 1.81. The van der Waals surface area contributed by atoms with Gasteiger partial charge >= 0.3 is 6.18 Å². The van der Waals surface area contributed by atoms with E-state index in [0.717, 1.165) is 0 Å². The molecule has 1 heterocycles. The molecular weight excluding hydrogens is 181 g/mol. The van der Waals surface area contributed by atoms with E-state index < -0.39 is 11.9 Å². The van der Waals surface area contributed by atoms with Gasteiger partial charge in [0.05, 0.1) is 0 Å². The molecule has 74 valence electrons. The van der Waals surface area contributed by atoms with Crippen LogP contribution in [0.5, 0.6) is 0 Å². The minimum Gasteiger partial charge on any atom is -0.272 e. The first-order chi connectivity index (χ1) is 5.99. The standard InChI is InChI=1S/C8H11F3N2/c1-3-6-5-13(4-2)12-7(6)8(9,10)11/h5H,3-4H2,1-2H3. The summed E-state index contributed by atoms with van der Waals surface area (Å²) in [4.78, 5) is 0. The molecule has 0 aromatic carbocycles. The summed E-state index contributed by atoms with van der Waals surface area (Å²) in [5.74, 6) is 0. The summed E-state index contributed by atoms with van der Waals surface area (Å²) in [6.07, 6.45) is -2.52. The highest BCUT2D eigenvalue weighted by Crippen LogP contribution is 2.30. The van der Waals surface area contributed by atoms with Gasteiger partial charge < -0.3 is 0 Å². The molecule has 0 fully saturated rings. The largest absolute Gasteiger partial charge is 0.435 e. The van der Waals surface area contributed by atoms with Gasteiger partial charge in [0.1, 0.15) is 0 Å². The highest BCUT2D eigenvalue weighted by Gasteiger charge is 2.36. The van der Waals surface area contributed by atoms with E-state index in [1.165, 1.54) is 10.9 Å². The molecule has 0 spiro atoms. The molecule has 0 amide bonds. The van der Waals surface area contributed by atoms with E-state index >= 15 is 0 Å². The molecule has 1 rings (SSSR count). The average Bonchev–Trinajstić information content (AvgIpc) is 2.46. The summed E-state index contributed by atoms with van der Waals surface area (Å²) in [5.41, 5.74) is -0.494. The second kappa shape index (κ2) is 3.40. The van der Waals surface area contributed by atoms with Crippen molar-refractivity contribution < 1.29 is 13.2 Å². The fourth-order valence-corrected chi connectivity index (χ4v) is 1.12. The number of aromatic nitrogens is 2. The topological polar surface area (TPSA) is 17.8 Å². The Morgan fingerprint density at radius 1 is 1.38 bits per heavy atom. The van der Waals surface area contributed by atoms with Crippen LogP contribution in [0.3, 0.4) is 0 Å². The summed E-state index contributed by atoms with van der Waals surface area (Å²) >= 11 is 0. The van der Waals surface area contributed by atoms with Crippen molar-refractivity contribution in [1.82, 2.24) is 9.78 Å². The molecule has 0 bridgehead atoms. The highest BCUT2D eigenvalue weighted by molar-refractivity contribution is 5.19. The van der Waals surface area contributed by atoms with Crippen LogP contribution in [0, 0.1) is 0 Å². The van der Waals surface area contributed by atoms with Crippen LogP contribution in [-0.4, -0.2) is 9.78 Å². The van der Waals surface area contributed by atoms with Crippen molar-refractivity contribution in [2.75, 3.05) is 0 Å². The molecule has 0 saturated heterocycles. The lowest BCUT2D eigenvalue weighted by Crippen LogP contribution is -2.09. The first kappa shape index (κ1) is 10.1. The Balaban J connectivity index is 3.11. The van der Waals surface area contributed by atoms with Gasteiger partial charge in [-0.15, -0.1) is 0 Å². The van der Waals surface area contributed by atoms with Crippen molar-refractivity contribution in [3.05, 3.63) is 17.5 Å². The van der Waals surface area contributed by atoms with Gasteiger partial charge in [-0.05, 0) is 13.3 Å². The van der Waals surface area contributed by atoms with Crippen molar-refractivity contribution in [2.24, 2.45) is 0 Å². The number of aryl methyl sites for hydroxylation is 2. The Bertz CT molecular complexity index is 288. The highest BCUT2D eigenvalue weighted by atomic mass is 19.4. The van der Waals surface area contributed by atoms with E-state index in [1.54, 1.807) is 13.8 Å². The second-order valence-corrected chi connectivity index (χ2v) is 2.71. The monoisotopic (exact) mass is 192 g/mol. The van der Waals surface area contributed by atoms with Gasteiger partial charge in [0.15, 0.2) is 5.69 Å². The Kier molecular flexibility index (Phi) is 2.63. The molecule has 0 atom stereocenters. The molecule has 0 aliphatic carbocycles. The maximum atomic E-state index is 12.3. The molecule has 5 heteroatoms. The second-order valence-electron chi connectivity index (χ2n) is 2.71. The number of alkyl halides is 3. The SMILES string of the molecule is CCc1cn(CC)nc1C(F)(F)F. The molecule has 1 aromatic heterocycles. The molecule has 13 heavy (non-hydrogen) atoms. The Labute approximate surface area is 74.4 Å². The summed E-state index contributed by atoms with van der Waals surface area (Å²) in [7, 11) is 0. The van der Waals surface area contributed by atoms with Gasteiger partial charge in [-0.25, -0.2) is 0 Å². The summed E-state index contributed by atoms with van der Waals surface area (Å²) in [6, 6.07) is 0. The zero-order valence-corrected chi connectivity index (χ0v) is 7.52. The van der Waals surface area contributed by atoms with Gasteiger partial charge in [0.2, 0.25) is 0 Å². The molecule has 2 nitrogen and oxygen atoms in total. The van der Waals surface area contributed by atoms with Crippen molar-refractivity contribution >= 4 is 0 Å². The van der Waals surface area contributed by atoms with E-state index in [9.17, 15) is 13.2 Å². The summed E-state index contributed by atoms with van der Waals surface area (Å²) in [6.45, 7) is 3.90. The number of rotatable bonds is 2. The first-order valence-electron chi connectivity index (χ1n) is 4.12. The lowest BCUT2D eigenvalue weighted by atomic mass is 10.2. The molecule has 0 radical (unpaired) electrons. The van der Waals surface area contributed by atoms with Gasteiger partial charge in [-0.3, -0.25) is 4.68 Å². The van der Waals surface area contributed by atoms with Crippen LogP contribution >= 0.6 is 0 Å². The molecule has 0 N–H and O–H groups in total. The normalized spacial score (nSPS) is 12.1. The number of hydrogen-bond donors (Lipinski definition) is 0. The zero-order valence-electron chi connectivity index (χ0n) is 7.52. The zero-order chi connectivity index (χ0) is 10.1. The molecule has 1 aromatic rings. The van der Waals surface area contributed by atoms with E-state index in [0.29, 0.717) is 13.0 Å². The van der Waals surface area contributed by atoms with E-state index in [2.05, 4.69) is 5.10 Å². The fourth-order valence-electron chi connectivity index (χ4n) is 1.12. The van der Waals surface area contributed by atoms with Gasteiger partial charge in [0.25, 0.3) is 0 Å². The molecule has 0 unspecified atom stereocenters. The smallest absolute Gasteiger partial charge is 0.272 e. The number of hydrogen-bond acceptors (Lipinski definition) is 1. The van der Waals surface area contributed by atoms with Crippen LogP contribution in [0.2, 0.25) is 0 Å². The minimum absolute atomic E-state index is 0.259. The van der Waals surface area contributed by atoms with E-state index in [4.69, 9.17) is 0 Å². The summed E-state index contributed by atoms with van der Waals surface area (Å²) in [5, 5.41) is 3.46. The Hall–Kier alpha value is -1.00. The first-order valence-corrected chi connectivity index (χ1v) is 4.12. The van der Waals surface area contributed by atoms with Gasteiger partial charge in [-0.2, -0.15) is 18.3 Å². The van der Waals surface area contributed by atoms with Gasteiger partial charge in [0, 0.05) is 18.3 Å². The molecule has 0 aliphatic rings. The lowest BCUT2D eigenvalue weighted by Gasteiger charge is -2.03. The van der Waals surface area contributed by atoms with Crippen molar-refractivity contribution in [3.63, 3.8) is 0 Å². The van der Waals surface area contributed by atoms with Crippen LogP contribution < -0.4 is 0 Å². The molecule has 0 saturated carbocycles. The summed E-state index contributed by atoms with van der Waals surface area (Å²) < 4.78 is 38.2. The Morgan fingerprint density at radius 2 is 2.00 bits per heavy atom. The van der Waals surface area contributed by atoms with Crippen LogP contribution in [0.1, 0.15) is 25.1 Å². The van der Waals surface area contributed by atoms with E-state index in [1.807, 2.05) is 0 Å². The van der Waals surface area contributed by atoms with Crippen LogP contribution in [0.15, 0.2) is 6.20 Å². The van der Waals surface area contributed by atoms with E-state index in [-0.39, 0.29) is 5.56 Å². The number of nitrogens with zero attached hydrogens (tertiary/aromatic N) is 2. The van der Waals surface area contributed by atoms with Crippen molar-refractivity contribution in [3.8, 4) is 0 Å². The molecule has 0 aliphatic heterocycles. The lowest BCUT2D eigenvalue weighted by molar-refractivity contribution is -0.142. The Morgan fingerprint density at radius 3 is 2.31 bits per heavy atom. The average molecular weight is 192 g/mol. The van der Waals surface area contributed by atoms with Crippen LogP contribution in [0.4, 0.5) is 13.2 Å². The van der Waals surface area contributed by atoms with Crippen molar-refractivity contribution in [1.29, 1.82) is 0 Å². The third-order valence-electron chi connectivity index (χ3n) is 1.81. The predicted molar refractivity (Wildman–Crippen MR) is 42.3 cm³/mol. The maximum absolute atomic E-state index is 12.3. The maximum Gasteiger partial charge on any atom is 0.435 e. The van der Waals surface area contributed by atoms with Crippen LogP contribution in [-0.2, 0) is 19.1 Å². The fraction of sp³-hybridized carbons (Fsp3) is 0.625. The predicted octanol–water partition coefficient (Wildman–Crippen LogP) is 2.48. The van der Waals surface area contributed by atoms with Gasteiger partial charge in [-0.1, -0.05) is 6.92 Å². The van der Waals surface area contributed by atoms with Crippen LogP contribution in [0.25, 0.3) is 0 Å². The molecular formula is C8H11F3N2.